The third-order valence-corrected chi connectivity index (χ3v) is 2.14. The highest BCUT2D eigenvalue weighted by molar-refractivity contribution is 5.93. The second kappa shape index (κ2) is 7.24. The van der Waals surface area contributed by atoms with E-state index >= 15 is 0 Å². The minimum Gasteiger partial charge on any atom is -0.480 e. The van der Waals surface area contributed by atoms with Crippen LogP contribution in [0.15, 0.2) is 24.3 Å². The Hall–Kier alpha value is -2.42. The van der Waals surface area contributed by atoms with Crippen LogP contribution in [0.1, 0.15) is 0 Å². The van der Waals surface area contributed by atoms with Crippen molar-refractivity contribution >= 4 is 17.7 Å². The number of anilines is 1. The Balaban J connectivity index is 2.73. The molecule has 0 fully saturated rings. The summed E-state index contributed by atoms with van der Waals surface area (Å²) in [4.78, 5) is 22.1. The molecule has 0 aromatic heterocycles. The van der Waals surface area contributed by atoms with Gasteiger partial charge < -0.3 is 25.6 Å². The predicted molar refractivity (Wildman–Crippen MR) is 63.7 cm³/mol. The number of nitrogens with one attached hydrogen (secondary N) is 2. The van der Waals surface area contributed by atoms with Crippen molar-refractivity contribution in [2.75, 3.05) is 11.9 Å². The first-order chi connectivity index (χ1) is 9.43. The van der Waals surface area contributed by atoms with Gasteiger partial charge in [0, 0.05) is 0 Å². The molecule has 0 aliphatic heterocycles. The molecule has 110 valence electrons. The average molecular weight is 290 g/mol. The normalized spacial score (nSPS) is 11.8. The summed E-state index contributed by atoms with van der Waals surface area (Å²) in [5, 5.41) is 21.5. The van der Waals surface area contributed by atoms with Crippen molar-refractivity contribution in [3.63, 3.8) is 0 Å². The Morgan fingerprint density at radius 2 is 1.95 bits per heavy atom. The van der Waals surface area contributed by atoms with E-state index in [4.69, 9.17) is 10.2 Å². The summed E-state index contributed by atoms with van der Waals surface area (Å²) in [5.41, 5.74) is -0.0626. The molecule has 0 heterocycles. The van der Waals surface area contributed by atoms with E-state index in [9.17, 15) is 18.4 Å². The molecule has 1 aromatic carbocycles. The second-order valence-corrected chi connectivity index (χ2v) is 3.55. The van der Waals surface area contributed by atoms with Crippen molar-refractivity contribution in [2.24, 2.45) is 0 Å². The molecule has 0 spiro atoms. The first kappa shape index (κ1) is 15.6. The summed E-state index contributed by atoms with van der Waals surface area (Å²) in [7, 11) is 0. The molecule has 20 heavy (non-hydrogen) atoms. The topological polar surface area (TPSA) is 108 Å². The van der Waals surface area contributed by atoms with Gasteiger partial charge in [0.05, 0.1) is 12.3 Å². The van der Waals surface area contributed by atoms with E-state index in [0.29, 0.717) is 0 Å². The molecule has 1 atom stereocenters. The van der Waals surface area contributed by atoms with Gasteiger partial charge >= 0.3 is 18.6 Å². The van der Waals surface area contributed by atoms with Gasteiger partial charge in [0.15, 0.2) is 6.04 Å². The van der Waals surface area contributed by atoms with Crippen LogP contribution in [-0.2, 0) is 4.79 Å². The van der Waals surface area contributed by atoms with Gasteiger partial charge in [-0.2, -0.15) is 8.78 Å². The lowest BCUT2D eigenvalue weighted by Gasteiger charge is -2.14. The first-order valence-electron chi connectivity index (χ1n) is 5.39. The van der Waals surface area contributed by atoms with E-state index in [0.717, 1.165) is 0 Å². The van der Waals surface area contributed by atoms with Crippen LogP contribution < -0.4 is 15.4 Å². The van der Waals surface area contributed by atoms with Crippen LogP contribution in [0.2, 0.25) is 0 Å². The average Bonchev–Trinajstić information content (AvgIpc) is 2.37. The van der Waals surface area contributed by atoms with E-state index in [2.05, 4.69) is 10.1 Å². The third kappa shape index (κ3) is 4.69. The highest BCUT2D eigenvalue weighted by Gasteiger charge is 2.19. The molecule has 0 saturated carbocycles. The molecule has 0 aliphatic rings. The van der Waals surface area contributed by atoms with Crippen LogP contribution >= 0.6 is 0 Å². The quantitative estimate of drug-likeness (QED) is 0.621. The number of carboxylic acids is 1. The number of aliphatic carboxylic acids is 1. The molecule has 0 aliphatic carbocycles. The van der Waals surface area contributed by atoms with Gasteiger partial charge in [-0.1, -0.05) is 12.1 Å². The van der Waals surface area contributed by atoms with Gasteiger partial charge in [0.25, 0.3) is 0 Å². The minimum atomic E-state index is -3.06. The number of rotatable bonds is 6. The van der Waals surface area contributed by atoms with Crippen molar-refractivity contribution in [1.29, 1.82) is 0 Å². The van der Waals surface area contributed by atoms with Crippen LogP contribution in [0.25, 0.3) is 0 Å². The van der Waals surface area contributed by atoms with Gasteiger partial charge in [-0.3, -0.25) is 0 Å². The molecule has 1 aromatic rings. The standard InChI is InChI=1S/C11H12F2N2O5/c12-10(13)20-8-4-2-1-3-6(8)14-11(19)15-7(5-16)9(17)18/h1-4,7,10,16H,5H2,(H,17,18)(H2,14,15,19)/t7-/m0/s1. The number of amides is 2. The smallest absolute Gasteiger partial charge is 0.387 e. The monoisotopic (exact) mass is 290 g/mol. The number of carboxylic acid groups (broad SMARTS) is 1. The lowest BCUT2D eigenvalue weighted by Crippen LogP contribution is -2.45. The zero-order chi connectivity index (χ0) is 15.1. The molecule has 0 radical (unpaired) electrons. The second-order valence-electron chi connectivity index (χ2n) is 3.55. The van der Waals surface area contributed by atoms with E-state index in [1.807, 2.05) is 5.32 Å². The van der Waals surface area contributed by atoms with Crippen molar-refractivity contribution in [1.82, 2.24) is 5.32 Å². The van der Waals surface area contributed by atoms with Gasteiger partial charge in [0.1, 0.15) is 5.75 Å². The zero-order valence-electron chi connectivity index (χ0n) is 10.0. The summed E-state index contributed by atoms with van der Waals surface area (Å²) < 4.78 is 28.5. The maximum atomic E-state index is 12.1. The van der Waals surface area contributed by atoms with Crippen molar-refractivity contribution in [2.45, 2.75) is 12.7 Å². The number of benzene rings is 1. The Morgan fingerprint density at radius 1 is 1.30 bits per heavy atom. The number of carbonyl (C=O) groups excluding carboxylic acids is 1. The summed E-state index contributed by atoms with van der Waals surface area (Å²) in [6.45, 7) is -3.87. The van der Waals surface area contributed by atoms with Gasteiger partial charge in [-0.15, -0.1) is 0 Å². The van der Waals surface area contributed by atoms with Crippen LogP contribution in [-0.4, -0.2) is 41.5 Å². The molecule has 0 bridgehead atoms. The minimum absolute atomic E-state index is 0.0626. The summed E-state index contributed by atoms with van der Waals surface area (Å²) in [6, 6.07) is 2.92. The van der Waals surface area contributed by atoms with Crippen LogP contribution in [0, 0.1) is 0 Å². The molecule has 9 heteroatoms. The number of halogens is 2. The summed E-state index contributed by atoms with van der Waals surface area (Å²) in [6.07, 6.45) is 0. The van der Waals surface area contributed by atoms with Crippen LogP contribution in [0.5, 0.6) is 5.75 Å². The van der Waals surface area contributed by atoms with Gasteiger partial charge in [-0.25, -0.2) is 9.59 Å². The fourth-order valence-electron chi connectivity index (χ4n) is 1.27. The maximum Gasteiger partial charge on any atom is 0.387 e. The Morgan fingerprint density at radius 3 is 2.50 bits per heavy atom. The SMILES string of the molecule is O=C(Nc1ccccc1OC(F)F)N[C@@H](CO)C(=O)O. The third-order valence-electron chi connectivity index (χ3n) is 2.14. The summed E-state index contributed by atoms with van der Waals surface area (Å²) >= 11 is 0. The number of aliphatic hydroxyl groups excluding tert-OH is 1. The Labute approximate surface area is 112 Å². The fourth-order valence-corrected chi connectivity index (χ4v) is 1.27. The van der Waals surface area contributed by atoms with Crippen molar-refractivity contribution in [3.8, 4) is 5.75 Å². The van der Waals surface area contributed by atoms with E-state index in [1.54, 1.807) is 0 Å². The molecule has 4 N–H and O–H groups in total. The largest absolute Gasteiger partial charge is 0.480 e. The highest BCUT2D eigenvalue weighted by atomic mass is 19.3. The lowest BCUT2D eigenvalue weighted by atomic mass is 10.3. The molecule has 7 nitrogen and oxygen atoms in total. The number of hydrogen-bond donors (Lipinski definition) is 4. The highest BCUT2D eigenvalue weighted by Crippen LogP contribution is 2.25. The number of ether oxygens (including phenoxy) is 1. The van der Waals surface area contributed by atoms with E-state index < -0.39 is 31.3 Å². The van der Waals surface area contributed by atoms with Gasteiger partial charge in [-0.05, 0) is 12.1 Å². The number of alkyl halides is 2. The zero-order valence-corrected chi connectivity index (χ0v) is 10.0. The number of urea groups is 1. The fraction of sp³-hybridized carbons (Fsp3) is 0.273. The molecular weight excluding hydrogens is 278 g/mol. The van der Waals surface area contributed by atoms with Crippen molar-refractivity contribution in [3.05, 3.63) is 24.3 Å². The first-order valence-corrected chi connectivity index (χ1v) is 5.39. The van der Waals surface area contributed by atoms with Crippen LogP contribution in [0.4, 0.5) is 19.3 Å². The van der Waals surface area contributed by atoms with E-state index in [-0.39, 0.29) is 11.4 Å². The molecule has 0 saturated heterocycles. The summed E-state index contributed by atoms with van der Waals surface area (Å²) in [5.74, 6) is -1.70. The molecule has 1 rings (SSSR count). The lowest BCUT2D eigenvalue weighted by molar-refractivity contribution is -0.140. The molecule has 2 amide bonds. The number of aliphatic hydroxyl groups is 1. The molecule has 0 unspecified atom stereocenters. The maximum absolute atomic E-state index is 12.1. The number of para-hydroxylation sites is 2. The Bertz CT molecular complexity index is 484. The van der Waals surface area contributed by atoms with Gasteiger partial charge in [0.2, 0.25) is 0 Å². The van der Waals surface area contributed by atoms with Crippen molar-refractivity contribution < 1.29 is 33.3 Å². The Kier molecular flexibility index (Phi) is 5.66. The molecular formula is C11H12F2N2O5. The number of hydrogen-bond acceptors (Lipinski definition) is 4. The predicted octanol–water partition coefficient (Wildman–Crippen LogP) is 0.855. The number of carbonyl (C=O) groups is 2. The van der Waals surface area contributed by atoms with E-state index in [1.165, 1.54) is 24.3 Å². The van der Waals surface area contributed by atoms with Crippen LogP contribution in [0.3, 0.4) is 0 Å².